The summed E-state index contributed by atoms with van der Waals surface area (Å²) < 4.78 is 0. The number of fused-ring (bicyclic) bond motifs is 6. The Balaban J connectivity index is 1.58. The van der Waals surface area contributed by atoms with Crippen molar-refractivity contribution in [3.05, 3.63) is 96.3 Å². The van der Waals surface area contributed by atoms with Crippen molar-refractivity contribution in [1.82, 2.24) is 9.97 Å². The molecule has 142 valence electrons. The highest BCUT2D eigenvalue weighted by atomic mass is 35.5. The Hall–Kier alpha value is -3.69. The first-order valence-corrected chi connectivity index (χ1v) is 10.2. The number of nitrogens with zero attached hydrogens (tertiary/aromatic N) is 2. The molecule has 0 bridgehead atoms. The van der Waals surface area contributed by atoms with E-state index in [0.29, 0.717) is 5.02 Å². The lowest BCUT2D eigenvalue weighted by atomic mass is 10.0. The Morgan fingerprint density at radius 3 is 1.90 bits per heavy atom. The lowest BCUT2D eigenvalue weighted by molar-refractivity contribution is 1.41. The molecule has 2 aromatic heterocycles. The molecule has 0 atom stereocenters. The van der Waals surface area contributed by atoms with Crippen molar-refractivity contribution in [2.75, 3.05) is 5.32 Å². The molecule has 0 aliphatic heterocycles. The molecule has 1 N–H and O–H groups in total. The molecule has 0 unspecified atom stereocenters. The van der Waals surface area contributed by atoms with E-state index in [1.165, 1.54) is 5.39 Å². The van der Waals surface area contributed by atoms with Crippen LogP contribution in [-0.2, 0) is 0 Å². The number of hydrogen-bond donors (Lipinski definition) is 1. The first-order chi connectivity index (χ1) is 14.8. The van der Waals surface area contributed by atoms with Crippen LogP contribution >= 0.6 is 11.6 Å². The van der Waals surface area contributed by atoms with E-state index in [2.05, 4.69) is 41.7 Å². The van der Waals surface area contributed by atoms with Crippen molar-refractivity contribution in [3.63, 3.8) is 0 Å². The van der Waals surface area contributed by atoms with Crippen molar-refractivity contribution in [1.29, 1.82) is 0 Å². The van der Waals surface area contributed by atoms with Crippen LogP contribution in [0.1, 0.15) is 0 Å². The molecule has 0 aliphatic rings. The molecule has 0 radical (unpaired) electrons. The molecular weight excluding hydrogens is 390 g/mol. The summed E-state index contributed by atoms with van der Waals surface area (Å²) in [5.74, 6) is 0. The minimum absolute atomic E-state index is 0.668. The Morgan fingerprint density at radius 1 is 0.567 bits per heavy atom. The topological polar surface area (TPSA) is 37.8 Å². The largest absolute Gasteiger partial charge is 0.352 e. The van der Waals surface area contributed by atoms with E-state index in [4.69, 9.17) is 21.6 Å². The van der Waals surface area contributed by atoms with E-state index < -0.39 is 0 Å². The predicted octanol–water partition coefficient (Wildman–Crippen LogP) is 7.49. The van der Waals surface area contributed by atoms with Crippen LogP contribution in [0.25, 0.3) is 43.4 Å². The first kappa shape index (κ1) is 17.2. The second-order valence-corrected chi connectivity index (χ2v) is 7.80. The smallest absolute Gasteiger partial charge is 0.0944 e. The van der Waals surface area contributed by atoms with Crippen molar-refractivity contribution in [2.24, 2.45) is 0 Å². The van der Waals surface area contributed by atoms with Crippen LogP contribution in [-0.4, -0.2) is 9.97 Å². The molecular formula is C26H16ClN3. The van der Waals surface area contributed by atoms with Gasteiger partial charge >= 0.3 is 0 Å². The van der Waals surface area contributed by atoms with Crippen LogP contribution in [0.4, 0.5) is 11.4 Å². The molecule has 0 amide bonds. The maximum atomic E-state index is 6.50. The summed E-state index contributed by atoms with van der Waals surface area (Å²) >= 11 is 6.50. The Labute approximate surface area is 178 Å². The summed E-state index contributed by atoms with van der Waals surface area (Å²) in [7, 11) is 0. The number of hydrogen-bond acceptors (Lipinski definition) is 3. The molecule has 2 heterocycles. The fraction of sp³-hybridized carbons (Fsp3) is 0. The van der Waals surface area contributed by atoms with Crippen molar-refractivity contribution in [2.45, 2.75) is 0 Å². The molecule has 3 nitrogen and oxygen atoms in total. The lowest BCUT2D eigenvalue weighted by Gasteiger charge is -2.14. The minimum atomic E-state index is 0.668. The van der Waals surface area contributed by atoms with E-state index in [1.807, 2.05) is 54.9 Å². The number of anilines is 2. The Kier molecular flexibility index (Phi) is 3.83. The van der Waals surface area contributed by atoms with Gasteiger partial charge in [0.2, 0.25) is 0 Å². The quantitative estimate of drug-likeness (QED) is 0.303. The number of benzene rings is 4. The van der Waals surface area contributed by atoms with Crippen LogP contribution in [0.3, 0.4) is 0 Å². The van der Waals surface area contributed by atoms with E-state index in [-0.39, 0.29) is 0 Å². The highest BCUT2D eigenvalue weighted by molar-refractivity contribution is 6.32. The highest BCUT2D eigenvalue weighted by Gasteiger charge is 2.11. The molecule has 0 saturated carbocycles. The van der Waals surface area contributed by atoms with E-state index >= 15 is 0 Å². The minimum Gasteiger partial charge on any atom is -0.352 e. The third-order valence-electron chi connectivity index (χ3n) is 5.55. The van der Waals surface area contributed by atoms with Gasteiger partial charge in [-0.2, -0.15) is 0 Å². The van der Waals surface area contributed by atoms with Crippen LogP contribution in [0.5, 0.6) is 0 Å². The zero-order valence-electron chi connectivity index (χ0n) is 15.9. The van der Waals surface area contributed by atoms with Gasteiger partial charge in [-0.3, -0.25) is 9.97 Å². The van der Waals surface area contributed by atoms with Gasteiger partial charge in [-0.05, 0) is 29.0 Å². The fourth-order valence-electron chi connectivity index (χ4n) is 4.16. The monoisotopic (exact) mass is 405 g/mol. The number of para-hydroxylation sites is 1. The second-order valence-electron chi connectivity index (χ2n) is 7.37. The molecule has 4 aromatic carbocycles. The van der Waals surface area contributed by atoms with Crippen molar-refractivity contribution < 1.29 is 0 Å². The molecule has 0 fully saturated rings. The van der Waals surface area contributed by atoms with Crippen molar-refractivity contribution in [3.8, 4) is 0 Å². The van der Waals surface area contributed by atoms with Crippen LogP contribution in [0.2, 0.25) is 5.02 Å². The third-order valence-corrected chi connectivity index (χ3v) is 5.77. The number of rotatable bonds is 2. The summed E-state index contributed by atoms with van der Waals surface area (Å²) in [6.45, 7) is 0. The molecule has 6 aromatic rings. The van der Waals surface area contributed by atoms with Gasteiger partial charge in [0.15, 0.2) is 0 Å². The normalized spacial score (nSPS) is 11.5. The third kappa shape index (κ3) is 2.67. The van der Waals surface area contributed by atoms with Crippen LogP contribution in [0.15, 0.2) is 91.3 Å². The van der Waals surface area contributed by atoms with Crippen molar-refractivity contribution >= 4 is 66.3 Å². The maximum absolute atomic E-state index is 6.50. The predicted molar refractivity (Wildman–Crippen MR) is 127 cm³/mol. The van der Waals surface area contributed by atoms with Crippen LogP contribution < -0.4 is 5.32 Å². The van der Waals surface area contributed by atoms with Gasteiger partial charge in [-0.1, -0.05) is 72.3 Å². The molecule has 0 aliphatic carbocycles. The lowest BCUT2D eigenvalue weighted by Crippen LogP contribution is -1.96. The average molecular weight is 406 g/mol. The standard InChI is InChI=1S/C26H16ClN3/c27-18-12-22-20-9-4-2-7-17(20)15-29-26(22)24(13-18)30-23-11-5-10-21-19-8-3-1-6-16(19)14-28-25(21)23/h1-15,30H. The van der Waals surface area contributed by atoms with E-state index in [0.717, 1.165) is 49.3 Å². The molecule has 4 heteroatoms. The first-order valence-electron chi connectivity index (χ1n) is 9.78. The molecule has 0 saturated heterocycles. The van der Waals surface area contributed by atoms with Crippen LogP contribution in [0, 0.1) is 0 Å². The highest BCUT2D eigenvalue weighted by Crippen LogP contribution is 2.35. The summed E-state index contributed by atoms with van der Waals surface area (Å²) in [6.07, 6.45) is 3.83. The molecule has 6 rings (SSSR count). The van der Waals surface area contributed by atoms with Gasteiger partial charge in [-0.25, -0.2) is 0 Å². The van der Waals surface area contributed by atoms with Gasteiger partial charge in [0.1, 0.15) is 0 Å². The summed E-state index contributed by atoms with van der Waals surface area (Å²) in [6, 6.07) is 26.6. The average Bonchev–Trinajstić information content (AvgIpc) is 2.79. The number of halogens is 1. The second kappa shape index (κ2) is 6.68. The summed E-state index contributed by atoms with van der Waals surface area (Å²) in [5, 5.41) is 10.9. The zero-order chi connectivity index (χ0) is 20.1. The molecule has 0 spiro atoms. The van der Waals surface area contributed by atoms with E-state index in [1.54, 1.807) is 0 Å². The van der Waals surface area contributed by atoms with Gasteiger partial charge in [0.05, 0.1) is 22.4 Å². The van der Waals surface area contributed by atoms with Gasteiger partial charge in [0.25, 0.3) is 0 Å². The molecule has 30 heavy (non-hydrogen) atoms. The SMILES string of the molecule is Clc1cc(Nc2cccc3c2ncc2ccccc23)c2ncc3ccccc3c2c1. The zero-order valence-corrected chi connectivity index (χ0v) is 16.7. The fourth-order valence-corrected chi connectivity index (χ4v) is 4.38. The Bertz CT molecular complexity index is 1590. The van der Waals surface area contributed by atoms with E-state index in [9.17, 15) is 0 Å². The summed E-state index contributed by atoms with van der Waals surface area (Å²) in [5.41, 5.74) is 3.60. The number of pyridine rings is 2. The maximum Gasteiger partial charge on any atom is 0.0944 e. The summed E-state index contributed by atoms with van der Waals surface area (Å²) in [4.78, 5) is 9.48. The van der Waals surface area contributed by atoms with Gasteiger partial charge in [0, 0.05) is 39.0 Å². The van der Waals surface area contributed by atoms with Gasteiger partial charge < -0.3 is 5.32 Å². The number of nitrogens with one attached hydrogen (secondary N) is 1. The Morgan fingerprint density at radius 2 is 1.17 bits per heavy atom. The van der Waals surface area contributed by atoms with Gasteiger partial charge in [-0.15, -0.1) is 0 Å². The number of aromatic nitrogens is 2.